The summed E-state index contributed by atoms with van der Waals surface area (Å²) < 4.78 is 0. The summed E-state index contributed by atoms with van der Waals surface area (Å²) in [7, 11) is 0. The Hall–Kier alpha value is -1.06. The van der Waals surface area contributed by atoms with E-state index in [-0.39, 0.29) is 29.8 Å². The van der Waals surface area contributed by atoms with Crippen molar-refractivity contribution in [3.8, 4) is 0 Å². The SMILES string of the molecule is CCC(C)[C@@H]1NC(=O)C2CCCCN2C1=O. The second-order valence-corrected chi connectivity index (χ2v) is 4.92. The summed E-state index contributed by atoms with van der Waals surface area (Å²) in [4.78, 5) is 25.9. The first-order valence-electron chi connectivity index (χ1n) is 6.26. The molecule has 3 atom stereocenters. The highest BCUT2D eigenvalue weighted by molar-refractivity contribution is 5.97. The molecule has 0 radical (unpaired) electrons. The molecule has 0 aliphatic carbocycles. The van der Waals surface area contributed by atoms with Gasteiger partial charge in [-0.05, 0) is 25.2 Å². The Kier molecular flexibility index (Phi) is 3.17. The maximum atomic E-state index is 12.2. The Bertz CT molecular complexity index is 299. The molecule has 2 rings (SSSR count). The maximum Gasteiger partial charge on any atom is 0.246 e. The Balaban J connectivity index is 2.16. The Morgan fingerprint density at radius 1 is 1.44 bits per heavy atom. The molecule has 90 valence electrons. The number of rotatable bonds is 2. The molecule has 2 saturated heterocycles. The highest BCUT2D eigenvalue weighted by atomic mass is 16.2. The first kappa shape index (κ1) is 11.4. The molecule has 2 fully saturated rings. The van der Waals surface area contributed by atoms with Crippen molar-refractivity contribution in [1.29, 1.82) is 0 Å². The van der Waals surface area contributed by atoms with Crippen LogP contribution in [0, 0.1) is 5.92 Å². The Labute approximate surface area is 96.4 Å². The Morgan fingerprint density at radius 3 is 2.88 bits per heavy atom. The first-order valence-corrected chi connectivity index (χ1v) is 6.26. The van der Waals surface area contributed by atoms with E-state index >= 15 is 0 Å². The van der Waals surface area contributed by atoms with Crippen LogP contribution >= 0.6 is 0 Å². The average molecular weight is 224 g/mol. The second kappa shape index (κ2) is 4.44. The minimum Gasteiger partial charge on any atom is -0.342 e. The third-order valence-corrected chi connectivity index (χ3v) is 3.87. The lowest BCUT2D eigenvalue weighted by molar-refractivity contribution is -0.152. The molecule has 2 amide bonds. The zero-order valence-electron chi connectivity index (χ0n) is 10.0. The minimum absolute atomic E-state index is 0.0459. The zero-order valence-corrected chi connectivity index (χ0v) is 10.0. The van der Waals surface area contributed by atoms with E-state index < -0.39 is 0 Å². The van der Waals surface area contributed by atoms with Gasteiger partial charge in [-0.2, -0.15) is 0 Å². The van der Waals surface area contributed by atoms with E-state index in [0.717, 1.165) is 32.2 Å². The van der Waals surface area contributed by atoms with Crippen LogP contribution in [0.4, 0.5) is 0 Å². The fourth-order valence-corrected chi connectivity index (χ4v) is 2.58. The summed E-state index contributed by atoms with van der Waals surface area (Å²) in [6, 6.07) is -0.492. The summed E-state index contributed by atoms with van der Waals surface area (Å²) in [5, 5.41) is 2.89. The average Bonchev–Trinajstić information content (AvgIpc) is 2.33. The topological polar surface area (TPSA) is 49.4 Å². The van der Waals surface area contributed by atoms with Crippen molar-refractivity contribution in [3.05, 3.63) is 0 Å². The molecular formula is C12H20N2O2. The standard InChI is InChI=1S/C12H20N2O2/c1-3-8(2)10-12(16)14-7-5-4-6-9(14)11(15)13-10/h8-10H,3-7H2,1-2H3,(H,13,15)/t8?,9?,10-/m0/s1. The van der Waals surface area contributed by atoms with Gasteiger partial charge in [-0.25, -0.2) is 0 Å². The number of fused-ring (bicyclic) bond motifs is 1. The fourth-order valence-electron chi connectivity index (χ4n) is 2.58. The molecule has 0 aromatic carbocycles. The zero-order chi connectivity index (χ0) is 11.7. The summed E-state index contributed by atoms with van der Waals surface area (Å²) in [6.45, 7) is 4.82. The number of carbonyl (C=O) groups is 2. The molecule has 0 saturated carbocycles. The van der Waals surface area contributed by atoms with Crippen molar-refractivity contribution >= 4 is 11.8 Å². The van der Waals surface area contributed by atoms with Gasteiger partial charge in [0.25, 0.3) is 0 Å². The lowest BCUT2D eigenvalue weighted by Gasteiger charge is -2.43. The molecule has 4 nitrogen and oxygen atoms in total. The lowest BCUT2D eigenvalue weighted by Crippen LogP contribution is -2.65. The number of amides is 2. The molecule has 0 bridgehead atoms. The number of piperidine rings is 1. The van der Waals surface area contributed by atoms with Gasteiger partial charge >= 0.3 is 0 Å². The van der Waals surface area contributed by atoms with E-state index in [0.29, 0.717) is 0 Å². The molecule has 0 aromatic rings. The van der Waals surface area contributed by atoms with Gasteiger partial charge in [-0.3, -0.25) is 9.59 Å². The van der Waals surface area contributed by atoms with Gasteiger partial charge in [-0.1, -0.05) is 20.3 Å². The molecule has 1 N–H and O–H groups in total. The van der Waals surface area contributed by atoms with Gasteiger partial charge in [-0.15, -0.1) is 0 Å². The van der Waals surface area contributed by atoms with Crippen molar-refractivity contribution < 1.29 is 9.59 Å². The van der Waals surface area contributed by atoms with Crippen LogP contribution in [0.1, 0.15) is 39.5 Å². The van der Waals surface area contributed by atoms with E-state index in [1.165, 1.54) is 0 Å². The van der Waals surface area contributed by atoms with Crippen molar-refractivity contribution in [3.63, 3.8) is 0 Å². The molecule has 2 aliphatic heterocycles. The lowest BCUT2D eigenvalue weighted by atomic mass is 9.91. The first-order chi connectivity index (χ1) is 7.65. The van der Waals surface area contributed by atoms with Gasteiger partial charge in [0.2, 0.25) is 11.8 Å². The van der Waals surface area contributed by atoms with E-state index in [9.17, 15) is 9.59 Å². The van der Waals surface area contributed by atoms with E-state index in [1.807, 2.05) is 13.8 Å². The normalized spacial score (nSPS) is 32.0. The summed E-state index contributed by atoms with van der Waals surface area (Å²) >= 11 is 0. The van der Waals surface area contributed by atoms with Gasteiger partial charge in [0.1, 0.15) is 12.1 Å². The predicted molar refractivity (Wildman–Crippen MR) is 60.7 cm³/mol. The molecule has 0 aromatic heterocycles. The number of hydrogen-bond donors (Lipinski definition) is 1. The van der Waals surface area contributed by atoms with Crippen LogP contribution in [0.25, 0.3) is 0 Å². The van der Waals surface area contributed by atoms with Gasteiger partial charge < -0.3 is 10.2 Å². The summed E-state index contributed by atoms with van der Waals surface area (Å²) in [5.41, 5.74) is 0. The number of piperazine rings is 1. The van der Waals surface area contributed by atoms with Crippen molar-refractivity contribution in [2.24, 2.45) is 5.92 Å². The van der Waals surface area contributed by atoms with Crippen molar-refractivity contribution in [2.45, 2.75) is 51.6 Å². The molecule has 2 unspecified atom stereocenters. The van der Waals surface area contributed by atoms with Crippen molar-refractivity contribution in [1.82, 2.24) is 10.2 Å². The minimum atomic E-state index is -0.299. The summed E-state index contributed by atoms with van der Waals surface area (Å²) in [6.07, 6.45) is 3.82. The van der Waals surface area contributed by atoms with Crippen LogP contribution in [0.3, 0.4) is 0 Å². The third-order valence-electron chi connectivity index (χ3n) is 3.87. The van der Waals surface area contributed by atoms with Gasteiger partial charge in [0.05, 0.1) is 0 Å². The largest absolute Gasteiger partial charge is 0.342 e. The van der Waals surface area contributed by atoms with Gasteiger partial charge in [0, 0.05) is 6.54 Å². The van der Waals surface area contributed by atoms with E-state index in [2.05, 4.69) is 5.32 Å². The Morgan fingerprint density at radius 2 is 2.19 bits per heavy atom. The van der Waals surface area contributed by atoms with Crippen LogP contribution in [0.5, 0.6) is 0 Å². The number of hydrogen-bond acceptors (Lipinski definition) is 2. The smallest absolute Gasteiger partial charge is 0.246 e. The summed E-state index contributed by atoms with van der Waals surface area (Å²) in [5.74, 6) is 0.391. The van der Waals surface area contributed by atoms with Crippen LogP contribution in [-0.4, -0.2) is 35.3 Å². The molecular weight excluding hydrogens is 204 g/mol. The maximum absolute atomic E-state index is 12.2. The second-order valence-electron chi connectivity index (χ2n) is 4.92. The number of nitrogens with zero attached hydrogens (tertiary/aromatic N) is 1. The van der Waals surface area contributed by atoms with Crippen LogP contribution < -0.4 is 5.32 Å². The van der Waals surface area contributed by atoms with Gasteiger partial charge in [0.15, 0.2) is 0 Å². The fraction of sp³-hybridized carbons (Fsp3) is 0.833. The van der Waals surface area contributed by atoms with E-state index in [4.69, 9.17) is 0 Å². The quantitative estimate of drug-likeness (QED) is 0.758. The molecule has 2 aliphatic rings. The van der Waals surface area contributed by atoms with Crippen LogP contribution in [0.15, 0.2) is 0 Å². The monoisotopic (exact) mass is 224 g/mol. The van der Waals surface area contributed by atoms with Crippen LogP contribution in [0.2, 0.25) is 0 Å². The number of carbonyl (C=O) groups excluding carboxylic acids is 2. The van der Waals surface area contributed by atoms with Crippen LogP contribution in [-0.2, 0) is 9.59 Å². The predicted octanol–water partition coefficient (Wildman–Crippen LogP) is 0.912. The molecule has 4 heteroatoms. The molecule has 16 heavy (non-hydrogen) atoms. The number of nitrogens with one attached hydrogen (secondary N) is 1. The van der Waals surface area contributed by atoms with E-state index in [1.54, 1.807) is 4.90 Å². The highest BCUT2D eigenvalue weighted by Gasteiger charge is 2.42. The third kappa shape index (κ3) is 1.81. The molecule has 2 heterocycles. The van der Waals surface area contributed by atoms with Crippen molar-refractivity contribution in [2.75, 3.05) is 6.54 Å². The molecule has 0 spiro atoms. The highest BCUT2D eigenvalue weighted by Crippen LogP contribution is 2.24.